The van der Waals surface area contributed by atoms with Crippen LogP contribution >= 0.6 is 0 Å². The van der Waals surface area contributed by atoms with E-state index in [4.69, 9.17) is 4.74 Å². The number of anilines is 3. The molecular formula is C18H19N5O. The predicted molar refractivity (Wildman–Crippen MR) is 95.4 cm³/mol. The van der Waals surface area contributed by atoms with Crippen molar-refractivity contribution in [2.45, 2.75) is 0 Å². The lowest BCUT2D eigenvalue weighted by atomic mass is 10.2. The molecule has 0 bridgehead atoms. The third kappa shape index (κ3) is 4.27. The summed E-state index contributed by atoms with van der Waals surface area (Å²) in [5, 5.41) is 6.54. The van der Waals surface area contributed by atoms with E-state index in [1.807, 2.05) is 48.5 Å². The Morgan fingerprint density at radius 2 is 1.71 bits per heavy atom. The van der Waals surface area contributed by atoms with Crippen LogP contribution < -0.4 is 10.6 Å². The summed E-state index contributed by atoms with van der Waals surface area (Å²) in [7, 11) is 1.67. The van der Waals surface area contributed by atoms with Crippen molar-refractivity contribution in [3.8, 4) is 11.4 Å². The van der Waals surface area contributed by atoms with Gasteiger partial charge in [-0.05, 0) is 12.1 Å². The molecule has 122 valence electrons. The maximum atomic E-state index is 5.08. The van der Waals surface area contributed by atoms with E-state index in [1.165, 1.54) is 0 Å². The molecule has 3 aromatic rings. The second kappa shape index (κ2) is 8.03. The zero-order valence-electron chi connectivity index (χ0n) is 13.4. The molecule has 6 nitrogen and oxygen atoms in total. The molecule has 2 heterocycles. The van der Waals surface area contributed by atoms with Gasteiger partial charge in [0.2, 0.25) is 0 Å². The number of aromatic nitrogens is 3. The zero-order valence-corrected chi connectivity index (χ0v) is 13.4. The van der Waals surface area contributed by atoms with Crippen LogP contribution in [0.25, 0.3) is 11.4 Å². The highest BCUT2D eigenvalue weighted by Crippen LogP contribution is 2.22. The maximum Gasteiger partial charge on any atom is 0.163 e. The van der Waals surface area contributed by atoms with E-state index in [0.29, 0.717) is 19.0 Å². The molecule has 0 radical (unpaired) electrons. The van der Waals surface area contributed by atoms with E-state index in [9.17, 15) is 0 Å². The van der Waals surface area contributed by atoms with Crippen molar-refractivity contribution in [2.75, 3.05) is 30.9 Å². The predicted octanol–water partition coefficient (Wildman–Crippen LogP) is 3.34. The summed E-state index contributed by atoms with van der Waals surface area (Å²) in [4.78, 5) is 13.2. The molecule has 0 saturated carbocycles. The second-order valence-corrected chi connectivity index (χ2v) is 5.11. The number of methoxy groups -OCH3 is 1. The van der Waals surface area contributed by atoms with Gasteiger partial charge in [-0.3, -0.25) is 4.98 Å². The second-order valence-electron chi connectivity index (χ2n) is 5.11. The molecule has 2 N–H and O–H groups in total. The summed E-state index contributed by atoms with van der Waals surface area (Å²) in [5.41, 5.74) is 1.89. The smallest absolute Gasteiger partial charge is 0.163 e. The number of ether oxygens (including phenoxy) is 1. The van der Waals surface area contributed by atoms with E-state index in [-0.39, 0.29) is 0 Å². The summed E-state index contributed by atoms with van der Waals surface area (Å²) in [6.07, 6.45) is 3.47. The monoisotopic (exact) mass is 321 g/mol. The molecular weight excluding hydrogens is 302 g/mol. The maximum absolute atomic E-state index is 5.08. The fourth-order valence-electron chi connectivity index (χ4n) is 2.18. The number of hydrogen-bond donors (Lipinski definition) is 2. The molecule has 0 atom stereocenters. The minimum Gasteiger partial charge on any atom is -0.383 e. The number of rotatable bonds is 7. The van der Waals surface area contributed by atoms with Gasteiger partial charge in [-0.15, -0.1) is 0 Å². The molecule has 2 aromatic heterocycles. The Balaban J connectivity index is 1.90. The molecule has 3 rings (SSSR count). The van der Waals surface area contributed by atoms with Gasteiger partial charge in [0, 0.05) is 43.4 Å². The summed E-state index contributed by atoms with van der Waals surface area (Å²) >= 11 is 0. The van der Waals surface area contributed by atoms with E-state index >= 15 is 0 Å². The van der Waals surface area contributed by atoms with Crippen molar-refractivity contribution in [1.29, 1.82) is 0 Å². The molecule has 0 fully saturated rings. The van der Waals surface area contributed by atoms with E-state index in [2.05, 4.69) is 25.6 Å². The van der Waals surface area contributed by atoms with E-state index in [0.717, 1.165) is 22.9 Å². The van der Waals surface area contributed by atoms with Crippen molar-refractivity contribution in [3.63, 3.8) is 0 Å². The standard InChI is InChI=1S/C18H19N5O/c1-24-12-11-20-16-13-17(21-15-7-9-19-10-8-15)23-18(22-16)14-5-3-2-4-6-14/h2-10,13H,11-12H2,1H3,(H2,19,20,21,22,23). The molecule has 0 aliphatic carbocycles. The summed E-state index contributed by atoms with van der Waals surface area (Å²) in [5.74, 6) is 2.13. The van der Waals surface area contributed by atoms with Gasteiger partial charge in [0.15, 0.2) is 5.82 Å². The fraction of sp³-hybridized carbons (Fsp3) is 0.167. The van der Waals surface area contributed by atoms with Gasteiger partial charge in [0.1, 0.15) is 11.6 Å². The zero-order chi connectivity index (χ0) is 16.6. The van der Waals surface area contributed by atoms with E-state index < -0.39 is 0 Å². The Morgan fingerprint density at radius 3 is 2.46 bits per heavy atom. The van der Waals surface area contributed by atoms with Gasteiger partial charge >= 0.3 is 0 Å². The molecule has 0 aliphatic rings. The van der Waals surface area contributed by atoms with Gasteiger partial charge in [-0.25, -0.2) is 9.97 Å². The minimum atomic E-state index is 0.609. The number of nitrogens with one attached hydrogen (secondary N) is 2. The van der Waals surface area contributed by atoms with Crippen LogP contribution in [0.5, 0.6) is 0 Å². The summed E-state index contributed by atoms with van der Waals surface area (Å²) in [6, 6.07) is 15.6. The molecule has 0 amide bonds. The van der Waals surface area contributed by atoms with Gasteiger partial charge in [-0.1, -0.05) is 30.3 Å². The number of benzene rings is 1. The highest BCUT2D eigenvalue weighted by atomic mass is 16.5. The van der Waals surface area contributed by atoms with Gasteiger partial charge in [-0.2, -0.15) is 0 Å². The van der Waals surface area contributed by atoms with Crippen LogP contribution in [0, 0.1) is 0 Å². The Kier molecular flexibility index (Phi) is 5.32. The average molecular weight is 321 g/mol. The Bertz CT molecular complexity index is 765. The Hall–Kier alpha value is -2.99. The van der Waals surface area contributed by atoms with Crippen LogP contribution in [0.4, 0.5) is 17.3 Å². The van der Waals surface area contributed by atoms with Crippen LogP contribution in [0.15, 0.2) is 60.9 Å². The lowest BCUT2D eigenvalue weighted by Crippen LogP contribution is -2.10. The van der Waals surface area contributed by atoms with Crippen molar-refractivity contribution in [1.82, 2.24) is 15.0 Å². The SMILES string of the molecule is COCCNc1cc(Nc2ccncc2)nc(-c2ccccc2)n1. The van der Waals surface area contributed by atoms with Gasteiger partial charge in [0.05, 0.1) is 6.61 Å². The molecule has 0 aliphatic heterocycles. The molecule has 6 heteroatoms. The summed E-state index contributed by atoms with van der Waals surface area (Å²) in [6.45, 7) is 1.29. The van der Waals surface area contributed by atoms with Crippen molar-refractivity contribution >= 4 is 17.3 Å². The average Bonchev–Trinajstić information content (AvgIpc) is 2.63. The topological polar surface area (TPSA) is 72.0 Å². The molecule has 1 aromatic carbocycles. The largest absolute Gasteiger partial charge is 0.383 e. The highest BCUT2D eigenvalue weighted by molar-refractivity contribution is 5.64. The quantitative estimate of drug-likeness (QED) is 0.650. The van der Waals surface area contributed by atoms with Crippen molar-refractivity contribution in [2.24, 2.45) is 0 Å². The molecule has 0 saturated heterocycles. The molecule has 0 spiro atoms. The first-order chi connectivity index (χ1) is 11.8. The van der Waals surface area contributed by atoms with Crippen LogP contribution in [-0.2, 0) is 4.74 Å². The lowest BCUT2D eigenvalue weighted by Gasteiger charge is -2.11. The third-order valence-electron chi connectivity index (χ3n) is 3.32. The first-order valence-corrected chi connectivity index (χ1v) is 7.69. The van der Waals surface area contributed by atoms with Gasteiger partial charge < -0.3 is 15.4 Å². The number of nitrogens with zero attached hydrogens (tertiary/aromatic N) is 3. The molecule has 0 unspecified atom stereocenters. The first kappa shape index (κ1) is 15.9. The minimum absolute atomic E-state index is 0.609. The van der Waals surface area contributed by atoms with Crippen LogP contribution in [0.3, 0.4) is 0 Å². The highest BCUT2D eigenvalue weighted by Gasteiger charge is 2.07. The number of pyridine rings is 1. The third-order valence-corrected chi connectivity index (χ3v) is 3.32. The lowest BCUT2D eigenvalue weighted by molar-refractivity contribution is 0.210. The normalized spacial score (nSPS) is 10.4. The van der Waals surface area contributed by atoms with Crippen molar-refractivity contribution < 1.29 is 4.74 Å². The van der Waals surface area contributed by atoms with Crippen molar-refractivity contribution in [3.05, 3.63) is 60.9 Å². The summed E-state index contributed by atoms with van der Waals surface area (Å²) < 4.78 is 5.08. The van der Waals surface area contributed by atoms with E-state index in [1.54, 1.807) is 19.5 Å². The Morgan fingerprint density at radius 1 is 0.958 bits per heavy atom. The number of hydrogen-bond acceptors (Lipinski definition) is 6. The Labute approximate surface area is 141 Å². The van der Waals surface area contributed by atoms with Gasteiger partial charge in [0.25, 0.3) is 0 Å². The fourth-order valence-corrected chi connectivity index (χ4v) is 2.18. The molecule has 24 heavy (non-hydrogen) atoms. The van der Waals surface area contributed by atoms with Crippen LogP contribution in [0.1, 0.15) is 0 Å². The van der Waals surface area contributed by atoms with Crippen LogP contribution in [-0.4, -0.2) is 35.2 Å². The first-order valence-electron chi connectivity index (χ1n) is 7.69. The van der Waals surface area contributed by atoms with Crippen LogP contribution in [0.2, 0.25) is 0 Å².